The molecule has 2 amide bonds. The van der Waals surface area contributed by atoms with Crippen LogP contribution in [0.1, 0.15) is 70.6 Å². The van der Waals surface area contributed by atoms with Crippen molar-refractivity contribution in [2.75, 3.05) is 38.1 Å². The first-order chi connectivity index (χ1) is 21.0. The van der Waals surface area contributed by atoms with Gasteiger partial charge >= 0.3 is 0 Å². The van der Waals surface area contributed by atoms with Crippen molar-refractivity contribution in [1.29, 1.82) is 0 Å². The molecule has 232 valence electrons. The molecule has 0 unspecified atom stereocenters. The lowest BCUT2D eigenvalue weighted by Gasteiger charge is -2.21. The van der Waals surface area contributed by atoms with Crippen LogP contribution >= 0.6 is 0 Å². The maximum atomic E-state index is 12.7. The summed E-state index contributed by atoms with van der Waals surface area (Å²) in [5.74, 6) is 6.78. The fourth-order valence-corrected chi connectivity index (χ4v) is 8.31. The maximum absolute atomic E-state index is 12.7. The van der Waals surface area contributed by atoms with Gasteiger partial charge in [0.1, 0.15) is 0 Å². The van der Waals surface area contributed by atoms with Crippen LogP contribution in [0, 0.1) is 35.5 Å². The van der Waals surface area contributed by atoms with Crippen molar-refractivity contribution in [1.82, 2.24) is 0 Å². The van der Waals surface area contributed by atoms with E-state index in [1.165, 1.54) is 51.4 Å². The van der Waals surface area contributed by atoms with Crippen LogP contribution in [0.25, 0.3) is 0 Å². The van der Waals surface area contributed by atoms with E-state index in [-0.39, 0.29) is 11.8 Å². The van der Waals surface area contributed by atoms with Gasteiger partial charge < -0.3 is 29.6 Å². The molecule has 6 atom stereocenters. The summed E-state index contributed by atoms with van der Waals surface area (Å²) in [5, 5.41) is 6.08. The number of hydrogen-bond donors (Lipinski definition) is 2. The predicted octanol–water partition coefficient (Wildman–Crippen LogP) is 7.08. The zero-order chi connectivity index (χ0) is 29.8. The molecule has 8 heteroatoms. The predicted molar refractivity (Wildman–Crippen MR) is 166 cm³/mol. The van der Waals surface area contributed by atoms with Gasteiger partial charge in [-0.2, -0.15) is 0 Å². The first kappa shape index (κ1) is 29.6. The third-order valence-corrected chi connectivity index (χ3v) is 10.4. The Morgan fingerprint density at radius 3 is 1.49 bits per heavy atom. The van der Waals surface area contributed by atoms with Crippen LogP contribution < -0.4 is 29.6 Å². The third-order valence-electron chi connectivity index (χ3n) is 10.4. The van der Waals surface area contributed by atoms with E-state index in [4.69, 9.17) is 18.9 Å². The molecule has 0 saturated heterocycles. The average molecular weight is 591 g/mol. The highest BCUT2D eigenvalue weighted by Gasteiger charge is 2.41. The van der Waals surface area contributed by atoms with Crippen molar-refractivity contribution >= 4 is 23.2 Å². The van der Waals surface area contributed by atoms with Crippen LogP contribution in [0.3, 0.4) is 0 Å². The number of methoxy groups -OCH3 is 2. The summed E-state index contributed by atoms with van der Waals surface area (Å²) in [6.45, 7) is 0.873. The van der Waals surface area contributed by atoms with Crippen molar-refractivity contribution in [3.8, 4) is 23.0 Å². The minimum atomic E-state index is 0.0759. The van der Waals surface area contributed by atoms with Crippen LogP contribution in [0.2, 0.25) is 0 Å². The van der Waals surface area contributed by atoms with Crippen LogP contribution in [-0.4, -0.2) is 39.2 Å². The quantitative estimate of drug-likeness (QED) is 0.228. The van der Waals surface area contributed by atoms with Gasteiger partial charge in [-0.1, -0.05) is 12.8 Å². The zero-order valence-electron chi connectivity index (χ0n) is 25.6. The number of amides is 2. The lowest BCUT2D eigenvalue weighted by Crippen LogP contribution is -2.20. The number of nitrogens with one attached hydrogen (secondary N) is 2. The number of rotatable bonds is 14. The van der Waals surface area contributed by atoms with E-state index in [0.717, 1.165) is 35.0 Å². The molecule has 4 fully saturated rings. The molecule has 0 aromatic heterocycles. The summed E-state index contributed by atoms with van der Waals surface area (Å²) in [5.41, 5.74) is 1.44. The molecule has 2 aromatic rings. The number of carbonyl (C=O) groups is 2. The van der Waals surface area contributed by atoms with Gasteiger partial charge in [-0.25, -0.2) is 0 Å². The molecule has 0 heterocycles. The number of hydrogen-bond acceptors (Lipinski definition) is 6. The molecule has 2 aromatic carbocycles. The molecule has 6 rings (SSSR count). The largest absolute Gasteiger partial charge is 0.493 e. The van der Waals surface area contributed by atoms with Gasteiger partial charge in [0.05, 0.1) is 27.4 Å². The lowest BCUT2D eigenvalue weighted by molar-refractivity contribution is -0.118. The number of carbonyl (C=O) groups excluding carboxylic acids is 2. The summed E-state index contributed by atoms with van der Waals surface area (Å²) in [4.78, 5) is 25.3. The van der Waals surface area contributed by atoms with Crippen LogP contribution in [0.4, 0.5) is 11.4 Å². The van der Waals surface area contributed by atoms with Gasteiger partial charge in [0.2, 0.25) is 11.8 Å². The van der Waals surface area contributed by atoms with E-state index in [0.29, 0.717) is 67.3 Å². The highest BCUT2D eigenvalue weighted by Crippen LogP contribution is 2.50. The van der Waals surface area contributed by atoms with Gasteiger partial charge in [0.25, 0.3) is 0 Å². The molecule has 43 heavy (non-hydrogen) atoms. The van der Waals surface area contributed by atoms with Crippen molar-refractivity contribution in [3.63, 3.8) is 0 Å². The molecular weight excluding hydrogens is 544 g/mol. The molecule has 0 radical (unpaired) electrons. The lowest BCUT2D eigenvalue weighted by atomic mass is 9.86. The van der Waals surface area contributed by atoms with Crippen molar-refractivity contribution < 1.29 is 28.5 Å². The normalized spacial score (nSPS) is 26.7. The summed E-state index contributed by atoms with van der Waals surface area (Å²) in [7, 11) is 3.20. The molecule has 0 spiro atoms. The fraction of sp³-hybridized carbons (Fsp3) is 0.600. The molecule has 4 bridgehead atoms. The van der Waals surface area contributed by atoms with E-state index in [1.807, 2.05) is 36.4 Å². The minimum Gasteiger partial charge on any atom is -0.493 e. The van der Waals surface area contributed by atoms with Gasteiger partial charge in [-0.3, -0.25) is 9.59 Å². The van der Waals surface area contributed by atoms with Crippen molar-refractivity contribution in [2.45, 2.75) is 70.6 Å². The van der Waals surface area contributed by atoms with Crippen LogP contribution in [-0.2, 0) is 9.59 Å². The van der Waals surface area contributed by atoms with E-state index in [1.54, 1.807) is 14.2 Å². The second-order valence-corrected chi connectivity index (χ2v) is 13.2. The van der Waals surface area contributed by atoms with Crippen LogP contribution in [0.5, 0.6) is 23.0 Å². The van der Waals surface area contributed by atoms with Gasteiger partial charge in [-0.05, 0) is 98.3 Å². The second-order valence-electron chi connectivity index (χ2n) is 13.2. The van der Waals surface area contributed by atoms with E-state index < -0.39 is 0 Å². The van der Waals surface area contributed by atoms with Crippen molar-refractivity contribution in [2.24, 2.45) is 35.5 Å². The van der Waals surface area contributed by atoms with Gasteiger partial charge in [0.15, 0.2) is 23.0 Å². The Kier molecular flexibility index (Phi) is 9.29. The first-order valence-electron chi connectivity index (χ1n) is 16.2. The van der Waals surface area contributed by atoms with Crippen LogP contribution in [0.15, 0.2) is 36.4 Å². The monoisotopic (exact) mass is 590 g/mol. The average Bonchev–Trinajstić information content (AvgIpc) is 3.81. The molecule has 4 aliphatic rings. The summed E-state index contributed by atoms with van der Waals surface area (Å²) < 4.78 is 23.0. The van der Waals surface area contributed by atoms with E-state index in [9.17, 15) is 9.59 Å². The fourth-order valence-electron chi connectivity index (χ4n) is 8.31. The Labute approximate surface area is 255 Å². The Morgan fingerprint density at radius 1 is 0.651 bits per heavy atom. The second kappa shape index (κ2) is 13.5. The van der Waals surface area contributed by atoms with Gasteiger partial charge in [0, 0.05) is 42.8 Å². The zero-order valence-corrected chi connectivity index (χ0v) is 25.6. The van der Waals surface area contributed by atoms with E-state index in [2.05, 4.69) is 10.6 Å². The Hall–Kier alpha value is -3.42. The Balaban J connectivity index is 0.923. The highest BCUT2D eigenvalue weighted by molar-refractivity contribution is 5.92. The summed E-state index contributed by atoms with van der Waals surface area (Å²) >= 11 is 0. The number of fused-ring (bicyclic) bond motifs is 4. The summed E-state index contributed by atoms with van der Waals surface area (Å²) in [6, 6.07) is 11.0. The highest BCUT2D eigenvalue weighted by atomic mass is 16.5. The molecule has 8 nitrogen and oxygen atoms in total. The summed E-state index contributed by atoms with van der Waals surface area (Å²) in [6.07, 6.45) is 12.1. The molecule has 0 aliphatic heterocycles. The number of benzene rings is 2. The first-order valence-corrected chi connectivity index (χ1v) is 16.2. The Bertz CT molecular complexity index is 1200. The minimum absolute atomic E-state index is 0.0759. The molecular formula is C35H46N2O6. The molecule has 2 N–H and O–H groups in total. The maximum Gasteiger partial charge on any atom is 0.224 e. The van der Waals surface area contributed by atoms with Crippen molar-refractivity contribution in [3.05, 3.63) is 36.4 Å². The smallest absolute Gasteiger partial charge is 0.224 e. The van der Waals surface area contributed by atoms with Gasteiger partial charge in [-0.15, -0.1) is 0 Å². The Morgan fingerprint density at radius 2 is 1.12 bits per heavy atom. The third kappa shape index (κ3) is 7.22. The topological polar surface area (TPSA) is 95.1 Å². The molecule has 4 aliphatic carbocycles. The standard InChI is InChI=1S/C35H46N2O6/c1-40-32-20-28(36-34(38)18-26-16-22-4-6-24(26)14-22)8-10-30(32)42-12-3-13-43-31-11-9-29(21-33(31)41-2)37-35(39)19-27-17-23-5-7-25(27)15-23/h8-11,20-27H,3-7,12-19H2,1-2H3,(H,36,38)(H,37,39)/t22-,23-,24-,25-,26+,27+/m1/s1. The number of anilines is 2. The molecule has 4 saturated carbocycles. The SMILES string of the molecule is COc1cc(NC(=O)C[C@@H]2C[C@@H]3CC[C@@H]2C3)ccc1OCCCOc1ccc(NC(=O)C[C@@H]2C[C@@H]3CC[C@@H]2C3)cc1OC. The number of ether oxygens (including phenoxy) is 4. The van der Waals surface area contributed by atoms with E-state index >= 15 is 0 Å².